The Labute approximate surface area is 116 Å². The van der Waals surface area contributed by atoms with Crippen molar-refractivity contribution < 1.29 is 8.78 Å². The van der Waals surface area contributed by atoms with Crippen LogP contribution < -0.4 is 0 Å². The maximum absolute atomic E-state index is 13.5. The molecule has 0 saturated heterocycles. The molecule has 2 rings (SSSR count). The van der Waals surface area contributed by atoms with E-state index in [9.17, 15) is 8.78 Å². The highest BCUT2D eigenvalue weighted by molar-refractivity contribution is 5.47. The highest BCUT2D eigenvalue weighted by Crippen LogP contribution is 2.16. The summed E-state index contributed by atoms with van der Waals surface area (Å²) in [5.74, 6) is -1.60. The third-order valence-corrected chi connectivity index (χ3v) is 3.13. The van der Waals surface area contributed by atoms with E-state index in [0.29, 0.717) is 18.4 Å². The van der Waals surface area contributed by atoms with Crippen LogP contribution in [0.4, 0.5) is 8.78 Å². The van der Waals surface area contributed by atoms with E-state index in [1.807, 2.05) is 24.3 Å². The van der Waals surface area contributed by atoms with Gasteiger partial charge in [0.05, 0.1) is 0 Å². The van der Waals surface area contributed by atoms with E-state index in [4.69, 9.17) is 5.26 Å². The summed E-state index contributed by atoms with van der Waals surface area (Å²) in [5.41, 5.74) is 2.14. The van der Waals surface area contributed by atoms with E-state index >= 15 is 0 Å². The molecule has 0 aliphatic rings. The van der Waals surface area contributed by atoms with Gasteiger partial charge in [0, 0.05) is 0 Å². The number of benzene rings is 2. The van der Waals surface area contributed by atoms with Crippen LogP contribution in [0.1, 0.15) is 22.3 Å². The number of nitriles is 1. The van der Waals surface area contributed by atoms with Gasteiger partial charge in [-0.1, -0.05) is 36.9 Å². The maximum Gasteiger partial charge on any atom is 0.144 e. The Morgan fingerprint density at radius 3 is 2.05 bits per heavy atom. The molecule has 0 bridgehead atoms. The van der Waals surface area contributed by atoms with Crippen LogP contribution in [0, 0.1) is 23.0 Å². The first-order valence-electron chi connectivity index (χ1n) is 6.23. The van der Waals surface area contributed by atoms with Gasteiger partial charge in [-0.25, -0.2) is 8.78 Å². The predicted octanol–water partition coefficient (Wildman–Crippen LogP) is 4.26. The molecule has 0 unspecified atom stereocenters. The van der Waals surface area contributed by atoms with Crippen LogP contribution in [0.2, 0.25) is 0 Å². The van der Waals surface area contributed by atoms with E-state index in [1.165, 1.54) is 18.2 Å². The molecule has 0 radical (unpaired) electrons. The molecule has 0 saturated carbocycles. The zero-order chi connectivity index (χ0) is 14.5. The van der Waals surface area contributed by atoms with E-state index in [-0.39, 0.29) is 0 Å². The molecule has 2 aromatic rings. The molecular weight excluding hydrogens is 256 g/mol. The van der Waals surface area contributed by atoms with Crippen LogP contribution in [0.15, 0.2) is 43.0 Å². The van der Waals surface area contributed by atoms with Crippen molar-refractivity contribution in [3.63, 3.8) is 0 Å². The molecule has 0 fully saturated rings. The number of rotatable bonds is 4. The minimum atomic E-state index is -0.801. The average molecular weight is 269 g/mol. The highest BCUT2D eigenvalue weighted by Gasteiger charge is 2.10. The van der Waals surface area contributed by atoms with Gasteiger partial charge < -0.3 is 0 Å². The van der Waals surface area contributed by atoms with E-state index < -0.39 is 17.2 Å². The van der Waals surface area contributed by atoms with Gasteiger partial charge in [-0.05, 0) is 41.7 Å². The number of nitrogens with zero attached hydrogens (tertiary/aromatic N) is 1. The summed E-state index contributed by atoms with van der Waals surface area (Å²) in [6, 6.07) is 11.8. The largest absolute Gasteiger partial charge is 0.205 e. The van der Waals surface area contributed by atoms with E-state index in [2.05, 4.69) is 6.58 Å². The fourth-order valence-corrected chi connectivity index (χ4v) is 1.99. The second kappa shape index (κ2) is 6.12. The SMILES string of the molecule is C=Cc1ccc(CCc2cc(F)c(C#N)c(F)c2)cc1. The zero-order valence-electron chi connectivity index (χ0n) is 10.9. The Kier molecular flexibility index (Phi) is 4.27. The van der Waals surface area contributed by atoms with Crippen molar-refractivity contribution in [1.29, 1.82) is 5.26 Å². The first kappa shape index (κ1) is 14.0. The smallest absolute Gasteiger partial charge is 0.144 e. The molecule has 0 aromatic heterocycles. The van der Waals surface area contributed by atoms with Crippen molar-refractivity contribution in [2.75, 3.05) is 0 Å². The first-order chi connectivity index (χ1) is 9.63. The molecule has 0 heterocycles. The van der Waals surface area contributed by atoms with Crippen molar-refractivity contribution in [3.05, 3.63) is 76.9 Å². The van der Waals surface area contributed by atoms with Crippen LogP contribution in [0.25, 0.3) is 6.08 Å². The molecule has 2 aromatic carbocycles. The van der Waals surface area contributed by atoms with Gasteiger partial charge in [0.25, 0.3) is 0 Å². The van der Waals surface area contributed by atoms with Crippen molar-refractivity contribution in [2.45, 2.75) is 12.8 Å². The quantitative estimate of drug-likeness (QED) is 0.813. The maximum atomic E-state index is 13.5. The van der Waals surface area contributed by atoms with Crippen molar-refractivity contribution in [3.8, 4) is 6.07 Å². The Morgan fingerprint density at radius 2 is 1.55 bits per heavy atom. The minimum absolute atomic E-state index is 0.521. The lowest BCUT2D eigenvalue weighted by Crippen LogP contribution is -1.97. The number of aryl methyl sites for hydroxylation is 2. The van der Waals surface area contributed by atoms with Gasteiger partial charge >= 0.3 is 0 Å². The Balaban J connectivity index is 2.11. The Bertz CT molecular complexity index is 643. The fourth-order valence-electron chi connectivity index (χ4n) is 1.99. The topological polar surface area (TPSA) is 23.8 Å². The third kappa shape index (κ3) is 3.10. The standard InChI is InChI=1S/C17H13F2N/c1-2-12-3-5-13(6-4-12)7-8-14-9-16(18)15(11-20)17(19)10-14/h2-6,9-10H,1,7-8H2. The van der Waals surface area contributed by atoms with Gasteiger partial charge in [-0.15, -0.1) is 0 Å². The second-order valence-electron chi connectivity index (χ2n) is 4.49. The highest BCUT2D eigenvalue weighted by atomic mass is 19.1. The third-order valence-electron chi connectivity index (χ3n) is 3.13. The number of hydrogen-bond donors (Lipinski definition) is 0. The van der Waals surface area contributed by atoms with Crippen molar-refractivity contribution >= 4 is 6.08 Å². The van der Waals surface area contributed by atoms with Crippen LogP contribution in [0.5, 0.6) is 0 Å². The van der Waals surface area contributed by atoms with Gasteiger partial charge in [0.15, 0.2) is 0 Å². The lowest BCUT2D eigenvalue weighted by molar-refractivity contribution is 0.573. The minimum Gasteiger partial charge on any atom is -0.205 e. The summed E-state index contributed by atoms with van der Waals surface area (Å²) in [4.78, 5) is 0. The number of halogens is 2. The summed E-state index contributed by atoms with van der Waals surface area (Å²) in [7, 11) is 0. The monoisotopic (exact) mass is 269 g/mol. The lowest BCUT2D eigenvalue weighted by atomic mass is 10.0. The molecule has 0 N–H and O–H groups in total. The van der Waals surface area contributed by atoms with Gasteiger partial charge in [0.2, 0.25) is 0 Å². The molecule has 100 valence electrons. The molecule has 0 atom stereocenters. The molecule has 0 spiro atoms. The summed E-state index contributed by atoms with van der Waals surface area (Å²) in [6.45, 7) is 3.68. The van der Waals surface area contributed by atoms with Crippen LogP contribution in [0.3, 0.4) is 0 Å². The summed E-state index contributed by atoms with van der Waals surface area (Å²) in [6.07, 6.45) is 2.96. The molecule has 20 heavy (non-hydrogen) atoms. The molecule has 3 heteroatoms. The molecule has 0 aliphatic carbocycles. The summed E-state index contributed by atoms with van der Waals surface area (Å²) < 4.78 is 26.9. The van der Waals surface area contributed by atoms with Crippen LogP contribution in [-0.4, -0.2) is 0 Å². The summed E-state index contributed by atoms with van der Waals surface area (Å²) >= 11 is 0. The second-order valence-corrected chi connectivity index (χ2v) is 4.49. The van der Waals surface area contributed by atoms with E-state index in [1.54, 1.807) is 6.08 Å². The van der Waals surface area contributed by atoms with E-state index in [0.717, 1.165) is 11.1 Å². The number of hydrogen-bond acceptors (Lipinski definition) is 1. The Morgan fingerprint density at radius 1 is 1.00 bits per heavy atom. The fraction of sp³-hybridized carbons (Fsp3) is 0.118. The predicted molar refractivity (Wildman–Crippen MR) is 75.0 cm³/mol. The molecule has 0 amide bonds. The van der Waals surface area contributed by atoms with Crippen molar-refractivity contribution in [1.82, 2.24) is 0 Å². The molecule has 1 nitrogen and oxygen atoms in total. The van der Waals surface area contributed by atoms with Crippen LogP contribution >= 0.6 is 0 Å². The normalized spacial score (nSPS) is 10.1. The zero-order valence-corrected chi connectivity index (χ0v) is 10.9. The Hall–Kier alpha value is -2.47. The first-order valence-corrected chi connectivity index (χ1v) is 6.23. The van der Waals surface area contributed by atoms with Gasteiger partial charge in [-0.3, -0.25) is 0 Å². The molecule has 0 aliphatic heterocycles. The van der Waals surface area contributed by atoms with Crippen molar-refractivity contribution in [2.24, 2.45) is 0 Å². The molecular formula is C17H13F2N. The lowest BCUT2D eigenvalue weighted by Gasteiger charge is -2.05. The summed E-state index contributed by atoms with van der Waals surface area (Å²) in [5, 5.41) is 8.61. The van der Waals surface area contributed by atoms with Gasteiger partial charge in [-0.2, -0.15) is 5.26 Å². The average Bonchev–Trinajstić information content (AvgIpc) is 2.45. The van der Waals surface area contributed by atoms with Crippen LogP contribution in [-0.2, 0) is 12.8 Å². The van der Waals surface area contributed by atoms with Gasteiger partial charge in [0.1, 0.15) is 23.3 Å².